The van der Waals surface area contributed by atoms with E-state index in [1.165, 1.54) is 18.2 Å². The standard InChI is InChI=1S/C12H13NO5/c1-3-10(14)11(12(15)18-2)8-6-4-5-7-9(8)13(16)17/h4-7,14H,3H2,1-2H3/b11-10-. The predicted molar refractivity (Wildman–Crippen MR) is 65.0 cm³/mol. The van der Waals surface area contributed by atoms with E-state index >= 15 is 0 Å². The highest BCUT2D eigenvalue weighted by atomic mass is 16.6. The molecule has 0 aliphatic carbocycles. The summed E-state index contributed by atoms with van der Waals surface area (Å²) in [5.74, 6) is -1.04. The third kappa shape index (κ3) is 2.65. The van der Waals surface area contributed by atoms with E-state index in [1.807, 2.05) is 0 Å². The second kappa shape index (κ2) is 5.81. The molecule has 0 atom stereocenters. The number of esters is 1. The van der Waals surface area contributed by atoms with E-state index in [9.17, 15) is 20.0 Å². The molecule has 0 fully saturated rings. The van der Waals surface area contributed by atoms with Crippen LogP contribution in [0.1, 0.15) is 18.9 Å². The Hall–Kier alpha value is -2.37. The lowest BCUT2D eigenvalue weighted by Gasteiger charge is -2.08. The molecular weight excluding hydrogens is 238 g/mol. The van der Waals surface area contributed by atoms with Crippen LogP contribution in [0.4, 0.5) is 5.69 Å². The van der Waals surface area contributed by atoms with Gasteiger partial charge >= 0.3 is 5.97 Å². The largest absolute Gasteiger partial charge is 0.511 e. The molecule has 0 aromatic heterocycles. The minimum Gasteiger partial charge on any atom is -0.511 e. The van der Waals surface area contributed by atoms with Gasteiger partial charge in [-0.15, -0.1) is 0 Å². The number of carbonyl (C=O) groups is 1. The Morgan fingerprint density at radius 1 is 1.44 bits per heavy atom. The molecule has 1 rings (SSSR count). The quantitative estimate of drug-likeness (QED) is 0.292. The number of benzene rings is 1. The van der Waals surface area contributed by atoms with Crippen molar-refractivity contribution in [1.29, 1.82) is 0 Å². The molecule has 1 N–H and O–H groups in total. The average Bonchev–Trinajstić information content (AvgIpc) is 2.38. The first-order chi connectivity index (χ1) is 8.52. The maximum atomic E-state index is 11.6. The van der Waals surface area contributed by atoms with Gasteiger partial charge in [-0.3, -0.25) is 10.1 Å². The number of allylic oxidation sites excluding steroid dienone is 1. The van der Waals surface area contributed by atoms with Crippen molar-refractivity contribution in [2.75, 3.05) is 7.11 Å². The molecule has 0 aliphatic rings. The van der Waals surface area contributed by atoms with E-state index in [0.29, 0.717) is 0 Å². The molecular formula is C12H13NO5. The number of nitro benzene ring substituents is 1. The Morgan fingerprint density at radius 3 is 2.56 bits per heavy atom. The van der Waals surface area contributed by atoms with Gasteiger partial charge in [0.2, 0.25) is 0 Å². The van der Waals surface area contributed by atoms with Crippen molar-refractivity contribution in [3.63, 3.8) is 0 Å². The van der Waals surface area contributed by atoms with E-state index in [0.717, 1.165) is 7.11 Å². The summed E-state index contributed by atoms with van der Waals surface area (Å²) in [5, 5.41) is 20.6. The molecule has 0 heterocycles. The van der Waals surface area contributed by atoms with Gasteiger partial charge in [0.1, 0.15) is 11.3 Å². The van der Waals surface area contributed by atoms with Crippen LogP contribution in [0.5, 0.6) is 0 Å². The van der Waals surface area contributed by atoms with Gasteiger partial charge in [0.25, 0.3) is 5.69 Å². The van der Waals surface area contributed by atoms with Gasteiger partial charge in [-0.05, 0) is 6.07 Å². The predicted octanol–water partition coefficient (Wildman–Crippen LogP) is 2.45. The third-order valence-electron chi connectivity index (χ3n) is 2.38. The van der Waals surface area contributed by atoms with Gasteiger partial charge in [-0.2, -0.15) is 0 Å². The van der Waals surface area contributed by atoms with Crippen molar-refractivity contribution in [2.24, 2.45) is 0 Å². The van der Waals surface area contributed by atoms with E-state index < -0.39 is 10.9 Å². The number of para-hydroxylation sites is 1. The van der Waals surface area contributed by atoms with Crippen LogP contribution in [0.25, 0.3) is 5.57 Å². The van der Waals surface area contributed by atoms with Crippen LogP contribution in [0, 0.1) is 10.1 Å². The lowest BCUT2D eigenvalue weighted by atomic mass is 10.0. The molecule has 0 saturated heterocycles. The summed E-state index contributed by atoms with van der Waals surface area (Å²) in [5.41, 5.74) is -0.376. The summed E-state index contributed by atoms with van der Waals surface area (Å²) in [6.45, 7) is 1.63. The van der Waals surface area contributed by atoms with Crippen molar-refractivity contribution < 1.29 is 19.6 Å². The van der Waals surface area contributed by atoms with Crippen LogP contribution in [0.3, 0.4) is 0 Å². The molecule has 0 aliphatic heterocycles. The number of ether oxygens (including phenoxy) is 1. The Balaban J connectivity index is 3.49. The highest BCUT2D eigenvalue weighted by Crippen LogP contribution is 2.29. The van der Waals surface area contributed by atoms with Gasteiger partial charge in [0, 0.05) is 12.5 Å². The van der Waals surface area contributed by atoms with Gasteiger partial charge in [-0.25, -0.2) is 4.79 Å². The number of rotatable bonds is 4. The molecule has 0 amide bonds. The van der Waals surface area contributed by atoms with Crippen LogP contribution in [-0.2, 0) is 9.53 Å². The number of nitrogens with zero attached hydrogens (tertiary/aromatic N) is 1. The maximum absolute atomic E-state index is 11.6. The minimum absolute atomic E-state index is 0.0497. The number of aliphatic hydroxyl groups is 1. The molecule has 0 unspecified atom stereocenters. The highest BCUT2D eigenvalue weighted by Gasteiger charge is 2.25. The van der Waals surface area contributed by atoms with Crippen LogP contribution in [0.2, 0.25) is 0 Å². The summed E-state index contributed by atoms with van der Waals surface area (Å²) in [4.78, 5) is 21.9. The van der Waals surface area contributed by atoms with Crippen molar-refractivity contribution in [3.8, 4) is 0 Å². The van der Waals surface area contributed by atoms with Gasteiger partial charge in [0.15, 0.2) is 0 Å². The van der Waals surface area contributed by atoms with E-state index in [2.05, 4.69) is 4.74 Å². The number of carbonyl (C=O) groups excluding carboxylic acids is 1. The zero-order valence-corrected chi connectivity index (χ0v) is 10.0. The molecule has 96 valence electrons. The van der Waals surface area contributed by atoms with Crippen LogP contribution < -0.4 is 0 Å². The smallest absolute Gasteiger partial charge is 0.342 e. The van der Waals surface area contributed by atoms with Crippen molar-refractivity contribution in [2.45, 2.75) is 13.3 Å². The Bertz CT molecular complexity index is 507. The van der Waals surface area contributed by atoms with Gasteiger partial charge < -0.3 is 9.84 Å². The molecule has 1 aromatic carbocycles. The molecule has 0 spiro atoms. The Labute approximate surface area is 104 Å². The minimum atomic E-state index is -0.802. The number of hydrogen-bond acceptors (Lipinski definition) is 5. The second-order valence-electron chi connectivity index (χ2n) is 3.44. The fourth-order valence-corrected chi connectivity index (χ4v) is 1.51. The molecule has 18 heavy (non-hydrogen) atoms. The molecule has 0 radical (unpaired) electrons. The lowest BCUT2D eigenvalue weighted by molar-refractivity contribution is -0.385. The molecule has 6 nitrogen and oxygen atoms in total. The van der Waals surface area contributed by atoms with E-state index in [-0.39, 0.29) is 29.0 Å². The first-order valence-electron chi connectivity index (χ1n) is 5.27. The number of hydrogen-bond donors (Lipinski definition) is 1. The maximum Gasteiger partial charge on any atom is 0.342 e. The van der Waals surface area contributed by atoms with Crippen LogP contribution in [0.15, 0.2) is 30.0 Å². The Kier molecular flexibility index (Phi) is 4.42. The molecule has 0 bridgehead atoms. The van der Waals surface area contributed by atoms with Crippen molar-refractivity contribution in [1.82, 2.24) is 0 Å². The summed E-state index contributed by atoms with van der Waals surface area (Å²) in [7, 11) is 1.15. The third-order valence-corrected chi connectivity index (χ3v) is 2.38. The topological polar surface area (TPSA) is 89.7 Å². The summed E-state index contributed by atoms with van der Waals surface area (Å²) in [6.07, 6.45) is 0.177. The van der Waals surface area contributed by atoms with Crippen LogP contribution in [-0.4, -0.2) is 23.1 Å². The summed E-state index contributed by atoms with van der Waals surface area (Å²) >= 11 is 0. The fourth-order valence-electron chi connectivity index (χ4n) is 1.51. The van der Waals surface area contributed by atoms with Crippen molar-refractivity contribution in [3.05, 3.63) is 45.7 Å². The number of methoxy groups -OCH3 is 1. The number of nitro groups is 1. The average molecular weight is 251 g/mol. The SMILES string of the molecule is CC/C(O)=C(/C(=O)OC)c1ccccc1[N+](=O)[O-]. The second-order valence-corrected chi connectivity index (χ2v) is 3.44. The van der Waals surface area contributed by atoms with Gasteiger partial charge in [-0.1, -0.05) is 19.1 Å². The number of aliphatic hydroxyl groups excluding tert-OH is 1. The molecule has 6 heteroatoms. The van der Waals surface area contributed by atoms with E-state index in [4.69, 9.17) is 0 Å². The molecule has 1 aromatic rings. The monoisotopic (exact) mass is 251 g/mol. The van der Waals surface area contributed by atoms with Gasteiger partial charge in [0.05, 0.1) is 17.6 Å². The zero-order valence-electron chi connectivity index (χ0n) is 10.0. The Morgan fingerprint density at radius 2 is 2.06 bits per heavy atom. The van der Waals surface area contributed by atoms with E-state index in [1.54, 1.807) is 13.0 Å². The first kappa shape index (κ1) is 13.7. The molecule has 0 saturated carbocycles. The fraction of sp³-hybridized carbons (Fsp3) is 0.250. The highest BCUT2D eigenvalue weighted by molar-refractivity contribution is 6.18. The zero-order chi connectivity index (χ0) is 13.7. The first-order valence-corrected chi connectivity index (χ1v) is 5.27. The van der Waals surface area contributed by atoms with Crippen molar-refractivity contribution >= 4 is 17.2 Å². The lowest BCUT2D eigenvalue weighted by Crippen LogP contribution is -2.09. The summed E-state index contributed by atoms with van der Waals surface area (Å²) in [6, 6.07) is 5.70. The van der Waals surface area contributed by atoms with Crippen LogP contribution >= 0.6 is 0 Å². The summed E-state index contributed by atoms with van der Waals surface area (Å²) < 4.78 is 4.55. The normalized spacial score (nSPS) is 11.7.